The summed E-state index contributed by atoms with van der Waals surface area (Å²) in [6, 6.07) is 5.42. The summed E-state index contributed by atoms with van der Waals surface area (Å²) in [5.41, 5.74) is 1.39. The van der Waals surface area contributed by atoms with Crippen LogP contribution in [0.15, 0.2) is 12.1 Å². The SMILES string of the molecule is Cc1ccc(CC#N)c(F)c1I. The maximum Gasteiger partial charge on any atom is 0.141 e. The molecule has 3 heteroatoms. The summed E-state index contributed by atoms with van der Waals surface area (Å²) < 4.78 is 13.9. The van der Waals surface area contributed by atoms with Gasteiger partial charge in [0.15, 0.2) is 0 Å². The van der Waals surface area contributed by atoms with Crippen LogP contribution in [0.1, 0.15) is 11.1 Å². The Hall–Kier alpha value is -0.630. The predicted octanol–water partition coefficient (Wildman–Crippen LogP) is 2.80. The molecule has 0 bridgehead atoms. The molecule has 0 spiro atoms. The summed E-state index contributed by atoms with van der Waals surface area (Å²) in [5.74, 6) is -0.253. The van der Waals surface area contributed by atoms with E-state index in [2.05, 4.69) is 0 Å². The van der Waals surface area contributed by atoms with Crippen LogP contribution in [0.2, 0.25) is 0 Å². The minimum atomic E-state index is -0.253. The third-order valence-corrected chi connectivity index (χ3v) is 2.95. The number of nitrogens with zero attached hydrogens (tertiary/aromatic N) is 1. The Morgan fingerprint density at radius 3 is 2.83 bits per heavy atom. The average molecular weight is 275 g/mol. The van der Waals surface area contributed by atoms with Crippen molar-refractivity contribution in [2.75, 3.05) is 0 Å². The van der Waals surface area contributed by atoms with Gasteiger partial charge in [0, 0.05) is 5.56 Å². The monoisotopic (exact) mass is 275 g/mol. The van der Waals surface area contributed by atoms with Gasteiger partial charge in [-0.3, -0.25) is 0 Å². The van der Waals surface area contributed by atoms with E-state index in [1.807, 2.05) is 41.7 Å². The van der Waals surface area contributed by atoms with Gasteiger partial charge in [-0.05, 0) is 35.1 Å². The van der Waals surface area contributed by atoms with E-state index in [4.69, 9.17) is 5.26 Å². The number of hydrogen-bond acceptors (Lipinski definition) is 1. The van der Waals surface area contributed by atoms with Gasteiger partial charge in [0.2, 0.25) is 0 Å². The highest BCUT2D eigenvalue weighted by atomic mass is 127. The lowest BCUT2D eigenvalue weighted by Gasteiger charge is -2.02. The molecule has 1 nitrogen and oxygen atoms in total. The van der Waals surface area contributed by atoms with Crippen LogP contribution in [0.5, 0.6) is 0 Å². The lowest BCUT2D eigenvalue weighted by atomic mass is 10.1. The molecule has 0 aliphatic rings. The average Bonchev–Trinajstić information content (AvgIpc) is 2.07. The normalized spacial score (nSPS) is 9.50. The molecule has 0 N–H and O–H groups in total. The van der Waals surface area contributed by atoms with Gasteiger partial charge in [-0.15, -0.1) is 0 Å². The number of hydrogen-bond donors (Lipinski definition) is 0. The van der Waals surface area contributed by atoms with Gasteiger partial charge in [-0.25, -0.2) is 4.39 Å². The van der Waals surface area contributed by atoms with E-state index in [0.29, 0.717) is 9.13 Å². The summed E-state index contributed by atoms with van der Waals surface area (Å²) in [5, 5.41) is 8.39. The molecule has 0 fully saturated rings. The van der Waals surface area contributed by atoms with Crippen molar-refractivity contribution in [2.24, 2.45) is 0 Å². The van der Waals surface area contributed by atoms with E-state index in [0.717, 1.165) is 5.56 Å². The van der Waals surface area contributed by atoms with E-state index in [-0.39, 0.29) is 12.2 Å². The van der Waals surface area contributed by atoms with E-state index >= 15 is 0 Å². The lowest BCUT2D eigenvalue weighted by Crippen LogP contribution is -1.94. The molecule has 0 aliphatic carbocycles. The third kappa shape index (κ3) is 1.75. The van der Waals surface area contributed by atoms with Crippen molar-refractivity contribution in [3.05, 3.63) is 32.6 Å². The first-order valence-electron chi connectivity index (χ1n) is 3.47. The van der Waals surface area contributed by atoms with E-state index in [1.54, 1.807) is 6.07 Å². The van der Waals surface area contributed by atoms with Crippen molar-refractivity contribution >= 4 is 22.6 Å². The van der Waals surface area contributed by atoms with Gasteiger partial charge < -0.3 is 0 Å². The Balaban J connectivity index is 3.19. The lowest BCUT2D eigenvalue weighted by molar-refractivity contribution is 0.606. The van der Waals surface area contributed by atoms with Crippen LogP contribution >= 0.6 is 22.6 Å². The Morgan fingerprint density at radius 1 is 1.58 bits per heavy atom. The summed E-state index contributed by atoms with van der Waals surface area (Å²) in [6.45, 7) is 1.85. The van der Waals surface area contributed by atoms with Gasteiger partial charge in [-0.1, -0.05) is 12.1 Å². The Bertz CT molecular complexity index is 341. The molecule has 12 heavy (non-hydrogen) atoms. The highest BCUT2D eigenvalue weighted by Gasteiger charge is 2.07. The molecule has 0 heterocycles. The minimum Gasteiger partial charge on any atom is -0.205 e. The molecule has 1 rings (SSSR count). The first-order chi connectivity index (χ1) is 5.66. The molecule has 0 saturated carbocycles. The molecule has 1 aromatic carbocycles. The van der Waals surface area contributed by atoms with Crippen LogP contribution in [0.25, 0.3) is 0 Å². The minimum absolute atomic E-state index is 0.141. The van der Waals surface area contributed by atoms with Crippen molar-refractivity contribution in [3.63, 3.8) is 0 Å². The largest absolute Gasteiger partial charge is 0.205 e. The third-order valence-electron chi connectivity index (χ3n) is 1.62. The highest BCUT2D eigenvalue weighted by molar-refractivity contribution is 14.1. The second-order valence-electron chi connectivity index (χ2n) is 2.50. The van der Waals surface area contributed by atoms with Gasteiger partial charge in [-0.2, -0.15) is 5.26 Å². The molecular formula is C9H7FIN. The summed E-state index contributed by atoms with van der Waals surface area (Å²) in [6.07, 6.45) is 0.141. The first kappa shape index (κ1) is 9.46. The van der Waals surface area contributed by atoms with Crippen molar-refractivity contribution in [3.8, 4) is 6.07 Å². The van der Waals surface area contributed by atoms with Gasteiger partial charge >= 0.3 is 0 Å². The Labute approximate surface area is 84.3 Å². The smallest absolute Gasteiger partial charge is 0.141 e. The van der Waals surface area contributed by atoms with Gasteiger partial charge in [0.25, 0.3) is 0 Å². The van der Waals surface area contributed by atoms with Crippen molar-refractivity contribution in [2.45, 2.75) is 13.3 Å². The maximum atomic E-state index is 13.3. The molecule has 1 aromatic rings. The number of nitriles is 1. The van der Waals surface area contributed by atoms with Crippen molar-refractivity contribution in [1.29, 1.82) is 5.26 Å². The van der Waals surface area contributed by atoms with Crippen LogP contribution in [0, 0.1) is 27.6 Å². The van der Waals surface area contributed by atoms with Crippen molar-refractivity contribution < 1.29 is 4.39 Å². The van der Waals surface area contributed by atoms with Crippen molar-refractivity contribution in [1.82, 2.24) is 0 Å². The van der Waals surface area contributed by atoms with E-state index in [9.17, 15) is 4.39 Å². The molecule has 0 saturated heterocycles. The summed E-state index contributed by atoms with van der Waals surface area (Å²) >= 11 is 1.95. The molecule has 62 valence electrons. The molecule has 0 aliphatic heterocycles. The zero-order valence-corrected chi connectivity index (χ0v) is 8.72. The van der Waals surface area contributed by atoms with Crippen LogP contribution in [-0.4, -0.2) is 0 Å². The highest BCUT2D eigenvalue weighted by Crippen LogP contribution is 2.19. The molecule has 0 radical (unpaired) electrons. The number of rotatable bonds is 1. The number of halogens is 2. The van der Waals surface area contributed by atoms with Crippen LogP contribution in [0.4, 0.5) is 4.39 Å². The van der Waals surface area contributed by atoms with Crippen LogP contribution in [-0.2, 0) is 6.42 Å². The molecule has 0 aromatic heterocycles. The van der Waals surface area contributed by atoms with E-state index in [1.165, 1.54) is 0 Å². The molecule has 0 amide bonds. The Kier molecular flexibility index (Phi) is 3.04. The zero-order chi connectivity index (χ0) is 9.14. The van der Waals surface area contributed by atoms with Crippen LogP contribution < -0.4 is 0 Å². The fourth-order valence-corrected chi connectivity index (χ4v) is 1.43. The fourth-order valence-electron chi connectivity index (χ4n) is 0.908. The second kappa shape index (κ2) is 3.85. The predicted molar refractivity (Wildman–Crippen MR) is 53.2 cm³/mol. The van der Waals surface area contributed by atoms with E-state index < -0.39 is 0 Å². The second-order valence-corrected chi connectivity index (χ2v) is 3.58. The van der Waals surface area contributed by atoms with Gasteiger partial charge in [0.1, 0.15) is 5.82 Å². The zero-order valence-electron chi connectivity index (χ0n) is 6.56. The topological polar surface area (TPSA) is 23.8 Å². The maximum absolute atomic E-state index is 13.3. The number of aryl methyl sites for hydroxylation is 1. The molecule has 0 unspecified atom stereocenters. The standard InChI is InChI=1S/C9H7FIN/c1-6-2-3-7(4-5-12)8(10)9(6)11/h2-3H,4H2,1H3. The summed E-state index contributed by atoms with van der Waals surface area (Å²) in [7, 11) is 0. The summed E-state index contributed by atoms with van der Waals surface area (Å²) in [4.78, 5) is 0. The number of benzene rings is 1. The van der Waals surface area contributed by atoms with Gasteiger partial charge in [0.05, 0.1) is 16.1 Å². The quantitative estimate of drug-likeness (QED) is 0.723. The molecule has 0 atom stereocenters. The fraction of sp³-hybridized carbons (Fsp3) is 0.222. The molecular weight excluding hydrogens is 268 g/mol. The first-order valence-corrected chi connectivity index (χ1v) is 4.55. The Morgan fingerprint density at radius 2 is 2.25 bits per heavy atom. The van der Waals surface area contributed by atoms with Crippen LogP contribution in [0.3, 0.4) is 0 Å².